The van der Waals surface area contributed by atoms with Crippen LogP contribution < -0.4 is 11.5 Å². The van der Waals surface area contributed by atoms with E-state index < -0.39 is 0 Å². The van der Waals surface area contributed by atoms with Crippen LogP contribution in [-0.4, -0.2) is 24.1 Å². The van der Waals surface area contributed by atoms with Crippen molar-refractivity contribution in [2.45, 2.75) is 92.3 Å². The molecule has 0 aliphatic heterocycles. The first-order valence-electron chi connectivity index (χ1n) is 15.1. The molecule has 0 spiro atoms. The fourth-order valence-corrected chi connectivity index (χ4v) is 6.27. The van der Waals surface area contributed by atoms with E-state index in [4.69, 9.17) is 20.9 Å². The molecule has 220 valence electrons. The Morgan fingerprint density at radius 2 is 1.00 bits per heavy atom. The lowest BCUT2D eigenvalue weighted by Gasteiger charge is -2.36. The molecule has 2 aliphatic carbocycles. The topological polar surface area (TPSA) is 105 Å². The number of nitrogen functional groups attached to an aromatic ring is 2. The van der Waals surface area contributed by atoms with Crippen LogP contribution in [0.25, 0.3) is 0 Å². The van der Waals surface area contributed by atoms with Crippen LogP contribution in [0.2, 0.25) is 0 Å². The lowest BCUT2D eigenvalue weighted by molar-refractivity contribution is -0.0180. The minimum absolute atomic E-state index is 0.0193. The van der Waals surface area contributed by atoms with Crippen LogP contribution in [0.5, 0.6) is 0 Å². The summed E-state index contributed by atoms with van der Waals surface area (Å²) in [5, 5.41) is 0. The van der Waals surface area contributed by atoms with Crippen molar-refractivity contribution in [3.05, 3.63) is 59.7 Å². The van der Waals surface area contributed by atoms with Gasteiger partial charge in [-0.3, -0.25) is 0 Å². The van der Waals surface area contributed by atoms with Crippen LogP contribution in [0, 0.1) is 35.5 Å². The van der Waals surface area contributed by atoms with E-state index in [0.29, 0.717) is 58.0 Å². The van der Waals surface area contributed by atoms with Crippen LogP contribution in [0.3, 0.4) is 0 Å². The summed E-state index contributed by atoms with van der Waals surface area (Å²) in [6.07, 6.45) is 6.69. The van der Waals surface area contributed by atoms with Crippen LogP contribution in [0.1, 0.15) is 101 Å². The summed E-state index contributed by atoms with van der Waals surface area (Å²) in [5.74, 6) is 2.66. The van der Waals surface area contributed by atoms with Crippen LogP contribution >= 0.6 is 0 Å². The van der Waals surface area contributed by atoms with Crippen molar-refractivity contribution < 1.29 is 19.1 Å². The third kappa shape index (κ3) is 8.49. The van der Waals surface area contributed by atoms with Gasteiger partial charge >= 0.3 is 11.9 Å². The zero-order valence-electron chi connectivity index (χ0n) is 25.3. The number of benzene rings is 2. The molecule has 6 atom stereocenters. The average Bonchev–Trinajstić information content (AvgIpc) is 2.89. The van der Waals surface area contributed by atoms with Gasteiger partial charge in [0.1, 0.15) is 12.2 Å². The van der Waals surface area contributed by atoms with Gasteiger partial charge in [-0.25, -0.2) is 9.59 Å². The number of hydrogen-bond acceptors (Lipinski definition) is 6. The van der Waals surface area contributed by atoms with E-state index in [1.165, 1.54) is 12.8 Å². The third-order valence-electron chi connectivity index (χ3n) is 8.80. The highest BCUT2D eigenvalue weighted by Gasteiger charge is 2.35. The number of carbonyl (C=O) groups excluding carboxylic acids is 2. The van der Waals surface area contributed by atoms with Crippen molar-refractivity contribution in [2.75, 3.05) is 11.5 Å². The molecule has 6 nitrogen and oxygen atoms in total. The standard InChI is InChI=1S/2C17H25NO2/c2*1-11(2)13-9-8-12(3)10-16(13)20-17(19)14-6-4-5-7-15(14)18/h2*4-7,11-13,16H,8-10,18H2,1-3H3/t2*12-,13+,16-/m11/s1. The fraction of sp³-hybridized carbons (Fsp3) is 0.588. The van der Waals surface area contributed by atoms with Crippen molar-refractivity contribution in [2.24, 2.45) is 35.5 Å². The van der Waals surface area contributed by atoms with Crippen LogP contribution in [-0.2, 0) is 9.47 Å². The number of hydrogen-bond donors (Lipinski definition) is 2. The van der Waals surface area contributed by atoms with Crippen LogP contribution in [0.15, 0.2) is 48.5 Å². The summed E-state index contributed by atoms with van der Waals surface area (Å²) in [6.45, 7) is 13.3. The molecule has 2 aromatic rings. The summed E-state index contributed by atoms with van der Waals surface area (Å²) >= 11 is 0. The summed E-state index contributed by atoms with van der Waals surface area (Å²) in [4.78, 5) is 24.6. The monoisotopic (exact) mass is 550 g/mol. The van der Waals surface area contributed by atoms with Gasteiger partial charge in [-0.05, 0) is 85.5 Å². The number of esters is 2. The third-order valence-corrected chi connectivity index (χ3v) is 8.80. The van der Waals surface area contributed by atoms with Gasteiger partial charge in [0.2, 0.25) is 0 Å². The summed E-state index contributed by atoms with van der Waals surface area (Å²) in [7, 11) is 0. The van der Waals surface area contributed by atoms with E-state index in [9.17, 15) is 9.59 Å². The Kier molecular flexibility index (Phi) is 11.5. The van der Waals surface area contributed by atoms with Gasteiger partial charge in [0, 0.05) is 11.4 Å². The molecule has 0 amide bonds. The van der Waals surface area contributed by atoms with Gasteiger partial charge in [-0.1, -0.05) is 78.6 Å². The molecule has 0 heterocycles. The second kappa shape index (κ2) is 14.6. The van der Waals surface area contributed by atoms with E-state index in [1.807, 2.05) is 24.3 Å². The Morgan fingerprint density at radius 1 is 0.650 bits per heavy atom. The quantitative estimate of drug-likeness (QED) is 0.281. The van der Waals surface area contributed by atoms with Gasteiger partial charge in [0.15, 0.2) is 0 Å². The smallest absolute Gasteiger partial charge is 0.340 e. The van der Waals surface area contributed by atoms with Crippen molar-refractivity contribution in [3.63, 3.8) is 0 Å². The minimum Gasteiger partial charge on any atom is -0.458 e. The normalized spacial score (nSPS) is 26.5. The first-order valence-corrected chi connectivity index (χ1v) is 15.1. The maximum atomic E-state index is 12.3. The summed E-state index contributed by atoms with van der Waals surface area (Å²) < 4.78 is 11.6. The zero-order valence-corrected chi connectivity index (χ0v) is 25.3. The molecule has 2 fully saturated rings. The van der Waals surface area contributed by atoms with Gasteiger partial charge in [0.25, 0.3) is 0 Å². The van der Waals surface area contributed by atoms with Gasteiger partial charge < -0.3 is 20.9 Å². The van der Waals surface area contributed by atoms with E-state index in [2.05, 4.69) is 41.5 Å². The second-order valence-electron chi connectivity index (χ2n) is 12.7. The molecule has 4 rings (SSSR count). The second-order valence-corrected chi connectivity index (χ2v) is 12.7. The molecule has 4 N–H and O–H groups in total. The lowest BCUT2D eigenvalue weighted by Crippen LogP contribution is -2.36. The molecule has 0 unspecified atom stereocenters. The molecular formula is C34H50N2O4. The first kappa shape index (κ1) is 31.5. The Hall–Kier alpha value is -3.02. The Bertz CT molecular complexity index is 1030. The lowest BCUT2D eigenvalue weighted by atomic mass is 9.75. The number of para-hydroxylation sites is 2. The average molecular weight is 551 g/mol. The summed E-state index contributed by atoms with van der Waals surface area (Å²) in [5.41, 5.74) is 13.6. The molecule has 40 heavy (non-hydrogen) atoms. The predicted octanol–water partition coefficient (Wildman–Crippen LogP) is 7.77. The van der Waals surface area contributed by atoms with Crippen molar-refractivity contribution in [1.82, 2.24) is 0 Å². The SMILES string of the molecule is CC(C)[C@@H]1CC[C@@H](C)C[C@H]1OC(=O)c1ccccc1N.CC(C)[C@@H]1CC[C@@H](C)C[C@H]1OC(=O)c1ccccc1N. The number of carbonyl (C=O) groups is 2. The van der Waals surface area contributed by atoms with Gasteiger partial charge in [-0.15, -0.1) is 0 Å². The Balaban J connectivity index is 0.000000220. The maximum Gasteiger partial charge on any atom is 0.340 e. The number of nitrogens with two attached hydrogens (primary N) is 2. The zero-order chi connectivity index (χ0) is 29.4. The molecular weight excluding hydrogens is 500 g/mol. The molecule has 6 heteroatoms. The highest BCUT2D eigenvalue weighted by atomic mass is 16.5. The van der Waals surface area contributed by atoms with Crippen molar-refractivity contribution in [1.29, 1.82) is 0 Å². The maximum absolute atomic E-state index is 12.3. The number of ether oxygens (including phenoxy) is 2. The summed E-state index contributed by atoms with van der Waals surface area (Å²) in [6, 6.07) is 14.2. The van der Waals surface area contributed by atoms with E-state index in [0.717, 1.165) is 25.7 Å². The molecule has 0 radical (unpaired) electrons. The number of anilines is 2. The first-order chi connectivity index (χ1) is 19.0. The Labute approximate surface area is 241 Å². The largest absolute Gasteiger partial charge is 0.458 e. The predicted molar refractivity (Wildman–Crippen MR) is 163 cm³/mol. The molecule has 0 aromatic heterocycles. The molecule has 0 saturated heterocycles. The minimum atomic E-state index is -0.284. The van der Waals surface area contributed by atoms with E-state index >= 15 is 0 Å². The fourth-order valence-electron chi connectivity index (χ4n) is 6.27. The molecule has 2 aromatic carbocycles. The van der Waals surface area contributed by atoms with Crippen molar-refractivity contribution >= 4 is 23.3 Å². The van der Waals surface area contributed by atoms with Crippen molar-refractivity contribution in [3.8, 4) is 0 Å². The van der Waals surface area contributed by atoms with E-state index in [1.54, 1.807) is 24.3 Å². The molecule has 0 bridgehead atoms. The van der Waals surface area contributed by atoms with Gasteiger partial charge in [-0.2, -0.15) is 0 Å². The highest BCUT2D eigenvalue weighted by Crippen LogP contribution is 2.37. The van der Waals surface area contributed by atoms with E-state index in [-0.39, 0.29) is 24.1 Å². The van der Waals surface area contributed by atoms with Crippen LogP contribution in [0.4, 0.5) is 11.4 Å². The molecule has 2 aliphatic rings. The van der Waals surface area contributed by atoms with Gasteiger partial charge in [0.05, 0.1) is 11.1 Å². The number of rotatable bonds is 6. The Morgan fingerprint density at radius 3 is 1.32 bits per heavy atom. The highest BCUT2D eigenvalue weighted by molar-refractivity contribution is 5.95. The molecule has 2 saturated carbocycles.